The highest BCUT2D eigenvalue weighted by Gasteiger charge is 2.32. The lowest BCUT2D eigenvalue weighted by Crippen LogP contribution is -2.47. The Balaban J connectivity index is 1.16. The maximum atomic E-state index is 12.7. The van der Waals surface area contributed by atoms with Gasteiger partial charge in [-0.2, -0.15) is 13.2 Å². The fraction of sp³-hybridized carbons (Fsp3) is 0.280. The van der Waals surface area contributed by atoms with Gasteiger partial charge in [-0.1, -0.05) is 18.2 Å². The monoisotopic (exact) mass is 515 g/mol. The molecular weight excluding hydrogens is 491 g/mol. The Hall–Kier alpha value is -3.28. The standard InChI is InChI=1S/C25H24F3N5O2S/c26-25(27,28)18-4-8-23(29-13-18)31-21-9-10-33(14-22(21)34)36-19-5-1-15(2-6-19)16-3-7-20-17(11-16)12-30-24(35)32-20/h1-8,11,13,21-22,34H,9-10,12,14H2,(H,29,31)(H2,30,32,35). The molecule has 2 amide bonds. The van der Waals surface area contributed by atoms with E-state index in [2.05, 4.69) is 31.3 Å². The second kappa shape index (κ2) is 10.00. The Bertz CT molecular complexity index is 1240. The first-order valence-electron chi connectivity index (χ1n) is 11.4. The second-order valence-electron chi connectivity index (χ2n) is 8.72. The van der Waals surface area contributed by atoms with Crippen LogP contribution in [0.4, 0.5) is 29.5 Å². The molecule has 4 N–H and O–H groups in total. The fourth-order valence-corrected chi connectivity index (χ4v) is 5.21. The molecule has 1 aromatic heterocycles. The molecule has 11 heteroatoms. The van der Waals surface area contributed by atoms with E-state index in [1.54, 1.807) is 11.9 Å². The molecule has 2 unspecified atom stereocenters. The van der Waals surface area contributed by atoms with Gasteiger partial charge in [0.15, 0.2) is 0 Å². The number of nitrogens with zero attached hydrogens (tertiary/aromatic N) is 2. The van der Waals surface area contributed by atoms with Gasteiger partial charge in [0, 0.05) is 36.4 Å². The minimum Gasteiger partial charge on any atom is -0.390 e. The van der Waals surface area contributed by atoms with Gasteiger partial charge in [0.25, 0.3) is 0 Å². The molecule has 188 valence electrons. The molecule has 3 heterocycles. The lowest BCUT2D eigenvalue weighted by Gasteiger charge is -2.35. The molecule has 2 atom stereocenters. The molecule has 36 heavy (non-hydrogen) atoms. The summed E-state index contributed by atoms with van der Waals surface area (Å²) in [6, 6.07) is 15.9. The van der Waals surface area contributed by atoms with E-state index < -0.39 is 17.8 Å². The summed E-state index contributed by atoms with van der Waals surface area (Å²) in [6.45, 7) is 1.60. The van der Waals surface area contributed by atoms with Crippen LogP contribution < -0.4 is 16.0 Å². The molecule has 0 spiro atoms. The van der Waals surface area contributed by atoms with E-state index in [-0.39, 0.29) is 12.1 Å². The number of carbonyl (C=O) groups excluding carboxylic acids is 1. The highest BCUT2D eigenvalue weighted by Crippen LogP contribution is 2.32. The number of rotatable bonds is 5. The van der Waals surface area contributed by atoms with Crippen molar-refractivity contribution in [2.75, 3.05) is 23.7 Å². The van der Waals surface area contributed by atoms with Crippen LogP contribution in [0.1, 0.15) is 17.5 Å². The van der Waals surface area contributed by atoms with Crippen molar-refractivity contribution in [3.05, 3.63) is 71.9 Å². The summed E-state index contributed by atoms with van der Waals surface area (Å²) < 4.78 is 40.2. The Morgan fingerprint density at radius 1 is 1.08 bits per heavy atom. The Kier molecular flexibility index (Phi) is 6.78. The van der Waals surface area contributed by atoms with Crippen molar-refractivity contribution in [1.29, 1.82) is 0 Å². The van der Waals surface area contributed by atoms with Crippen LogP contribution in [0.15, 0.2) is 65.7 Å². The van der Waals surface area contributed by atoms with E-state index in [0.717, 1.165) is 39.5 Å². The Morgan fingerprint density at radius 3 is 2.56 bits per heavy atom. The molecular formula is C25H24F3N5O2S. The van der Waals surface area contributed by atoms with Crippen molar-refractivity contribution < 1.29 is 23.1 Å². The topological polar surface area (TPSA) is 89.5 Å². The molecule has 1 saturated heterocycles. The molecule has 3 aromatic rings. The van der Waals surface area contributed by atoms with Crippen LogP contribution in [0.3, 0.4) is 0 Å². The van der Waals surface area contributed by atoms with Gasteiger partial charge in [0.05, 0.1) is 17.7 Å². The molecule has 0 radical (unpaired) electrons. The van der Waals surface area contributed by atoms with E-state index in [0.29, 0.717) is 31.9 Å². The number of alkyl halides is 3. The van der Waals surface area contributed by atoms with Gasteiger partial charge in [-0.3, -0.25) is 0 Å². The van der Waals surface area contributed by atoms with E-state index in [9.17, 15) is 23.1 Å². The lowest BCUT2D eigenvalue weighted by atomic mass is 10.0. The fourth-order valence-electron chi connectivity index (χ4n) is 4.23. The number of benzene rings is 2. The number of aliphatic hydroxyl groups is 1. The first-order chi connectivity index (χ1) is 17.2. The molecule has 0 aliphatic carbocycles. The molecule has 2 aliphatic rings. The minimum atomic E-state index is -4.43. The van der Waals surface area contributed by atoms with Gasteiger partial charge in [0.1, 0.15) is 5.82 Å². The summed E-state index contributed by atoms with van der Waals surface area (Å²) in [7, 11) is 0. The van der Waals surface area contributed by atoms with E-state index in [4.69, 9.17) is 0 Å². The molecule has 7 nitrogen and oxygen atoms in total. The van der Waals surface area contributed by atoms with E-state index in [1.165, 1.54) is 6.07 Å². The zero-order valence-corrected chi connectivity index (χ0v) is 19.9. The summed E-state index contributed by atoms with van der Waals surface area (Å²) >= 11 is 1.56. The molecule has 0 bridgehead atoms. The minimum absolute atomic E-state index is 0.196. The van der Waals surface area contributed by atoms with Crippen LogP contribution in [-0.4, -0.2) is 45.7 Å². The van der Waals surface area contributed by atoms with Gasteiger partial charge in [-0.15, -0.1) is 0 Å². The maximum absolute atomic E-state index is 12.7. The normalized spacial score (nSPS) is 20.3. The quantitative estimate of drug-likeness (QED) is 0.360. The summed E-state index contributed by atoms with van der Waals surface area (Å²) in [5, 5.41) is 19.2. The second-order valence-corrected chi connectivity index (χ2v) is 9.89. The number of aliphatic hydroxyl groups excluding tert-OH is 1. The molecule has 5 rings (SSSR count). The van der Waals surface area contributed by atoms with Crippen molar-refractivity contribution >= 4 is 29.5 Å². The molecule has 0 saturated carbocycles. The number of piperidine rings is 1. The van der Waals surface area contributed by atoms with Crippen molar-refractivity contribution in [1.82, 2.24) is 14.6 Å². The van der Waals surface area contributed by atoms with Gasteiger partial charge < -0.3 is 21.1 Å². The first-order valence-corrected chi connectivity index (χ1v) is 12.2. The third-order valence-corrected chi connectivity index (χ3v) is 7.26. The zero-order valence-electron chi connectivity index (χ0n) is 19.0. The number of carbonyl (C=O) groups is 1. The third kappa shape index (κ3) is 5.58. The smallest absolute Gasteiger partial charge is 0.390 e. The van der Waals surface area contributed by atoms with Crippen molar-refractivity contribution in [3.63, 3.8) is 0 Å². The summed E-state index contributed by atoms with van der Waals surface area (Å²) in [6.07, 6.45) is -3.71. The number of amides is 2. The Labute approximate surface area is 210 Å². The number of hydrogen-bond acceptors (Lipinski definition) is 6. The predicted molar refractivity (Wildman–Crippen MR) is 132 cm³/mol. The number of halogens is 3. The highest BCUT2D eigenvalue weighted by molar-refractivity contribution is 7.97. The van der Waals surface area contributed by atoms with Crippen LogP contribution in [-0.2, 0) is 12.7 Å². The number of β-amino-alcohol motifs (C(OH)–C–C–N with tert-alkyl or cyclic N) is 1. The van der Waals surface area contributed by atoms with Crippen LogP contribution in [0.2, 0.25) is 0 Å². The molecule has 2 aliphatic heterocycles. The summed E-state index contributed by atoms with van der Waals surface area (Å²) in [5.41, 5.74) is 3.17. The number of anilines is 2. The molecule has 2 aromatic carbocycles. The average molecular weight is 516 g/mol. The van der Waals surface area contributed by atoms with Crippen LogP contribution >= 0.6 is 11.9 Å². The Morgan fingerprint density at radius 2 is 1.86 bits per heavy atom. The largest absolute Gasteiger partial charge is 0.417 e. The number of nitrogens with one attached hydrogen (secondary N) is 3. The van der Waals surface area contributed by atoms with Crippen molar-refractivity contribution in [2.24, 2.45) is 0 Å². The number of fused-ring (bicyclic) bond motifs is 1. The number of urea groups is 1. The zero-order chi connectivity index (χ0) is 25.3. The predicted octanol–water partition coefficient (Wildman–Crippen LogP) is 4.96. The van der Waals surface area contributed by atoms with Gasteiger partial charge in [-0.25, -0.2) is 14.1 Å². The van der Waals surface area contributed by atoms with Gasteiger partial charge in [-0.05, 0) is 71.5 Å². The number of pyridine rings is 1. The first kappa shape index (κ1) is 24.4. The van der Waals surface area contributed by atoms with Gasteiger partial charge in [0.2, 0.25) is 0 Å². The van der Waals surface area contributed by atoms with Crippen LogP contribution in [0, 0.1) is 0 Å². The number of aromatic nitrogens is 1. The summed E-state index contributed by atoms with van der Waals surface area (Å²) in [5.74, 6) is 0.309. The van der Waals surface area contributed by atoms with Gasteiger partial charge >= 0.3 is 12.2 Å². The van der Waals surface area contributed by atoms with Crippen molar-refractivity contribution in [2.45, 2.75) is 36.2 Å². The van der Waals surface area contributed by atoms with E-state index in [1.807, 2.05) is 36.4 Å². The lowest BCUT2D eigenvalue weighted by molar-refractivity contribution is -0.137. The van der Waals surface area contributed by atoms with Crippen LogP contribution in [0.5, 0.6) is 0 Å². The van der Waals surface area contributed by atoms with E-state index >= 15 is 0 Å². The third-order valence-electron chi connectivity index (χ3n) is 6.18. The average Bonchev–Trinajstić information content (AvgIpc) is 2.86. The SMILES string of the molecule is O=C1NCc2cc(-c3ccc(SN4CCC(Nc5ccc(C(F)(F)F)cn5)C(O)C4)cc3)ccc2N1. The van der Waals surface area contributed by atoms with Crippen molar-refractivity contribution in [3.8, 4) is 11.1 Å². The highest BCUT2D eigenvalue weighted by atomic mass is 32.2. The molecule has 1 fully saturated rings. The van der Waals surface area contributed by atoms with Crippen LogP contribution in [0.25, 0.3) is 11.1 Å². The summed E-state index contributed by atoms with van der Waals surface area (Å²) in [4.78, 5) is 16.3. The number of hydrogen-bond donors (Lipinski definition) is 4. The maximum Gasteiger partial charge on any atom is 0.417 e.